The smallest absolute Gasteiger partial charge is 0.152 e. The van der Waals surface area contributed by atoms with E-state index in [4.69, 9.17) is 5.11 Å². The van der Waals surface area contributed by atoms with Crippen LogP contribution in [0, 0.1) is 0 Å². The van der Waals surface area contributed by atoms with E-state index in [9.17, 15) is 13.5 Å². The van der Waals surface area contributed by atoms with Crippen molar-refractivity contribution in [3.63, 3.8) is 0 Å². The highest BCUT2D eigenvalue weighted by Gasteiger charge is 2.15. The number of sulfone groups is 1. The van der Waals surface area contributed by atoms with Gasteiger partial charge in [0.2, 0.25) is 0 Å². The van der Waals surface area contributed by atoms with Gasteiger partial charge in [-0.1, -0.05) is 103 Å². The third-order valence-corrected chi connectivity index (χ3v) is 6.77. The van der Waals surface area contributed by atoms with Crippen molar-refractivity contribution in [2.24, 2.45) is 0 Å². The first-order chi connectivity index (χ1) is 12.5. The maximum absolute atomic E-state index is 11.7. The molecule has 2 N–H and O–H groups in total. The summed E-state index contributed by atoms with van der Waals surface area (Å²) >= 11 is 0. The van der Waals surface area contributed by atoms with E-state index < -0.39 is 22.5 Å². The number of aliphatic hydroxyl groups excluding tert-OH is 2. The number of aliphatic hydroxyl groups is 2. The highest BCUT2D eigenvalue weighted by atomic mass is 32.2. The fraction of sp³-hybridized carbons (Fsp3) is 1.00. The van der Waals surface area contributed by atoms with Crippen LogP contribution in [0.3, 0.4) is 0 Å². The van der Waals surface area contributed by atoms with Gasteiger partial charge >= 0.3 is 0 Å². The van der Waals surface area contributed by atoms with Crippen molar-refractivity contribution in [3.05, 3.63) is 0 Å². The molecule has 0 aromatic rings. The summed E-state index contributed by atoms with van der Waals surface area (Å²) in [5, 5.41) is 17.9. The number of hydrogen-bond donors (Lipinski definition) is 2. The molecule has 0 bridgehead atoms. The van der Waals surface area contributed by atoms with Gasteiger partial charge in [0.1, 0.15) is 0 Å². The van der Waals surface area contributed by atoms with E-state index >= 15 is 0 Å². The fourth-order valence-corrected chi connectivity index (χ4v) is 4.80. The lowest BCUT2D eigenvalue weighted by atomic mass is 10.0. The van der Waals surface area contributed by atoms with Gasteiger partial charge in [0, 0.05) is 0 Å². The third kappa shape index (κ3) is 18.7. The molecule has 0 rings (SSSR count). The molecule has 0 radical (unpaired) electrons. The summed E-state index contributed by atoms with van der Waals surface area (Å²) in [6.45, 7) is 1.77. The minimum absolute atomic E-state index is 0.127. The third-order valence-electron chi connectivity index (χ3n) is 4.97. The van der Waals surface area contributed by atoms with Gasteiger partial charge in [-0.05, 0) is 6.42 Å². The van der Waals surface area contributed by atoms with Crippen molar-refractivity contribution in [1.29, 1.82) is 0 Å². The summed E-state index contributed by atoms with van der Waals surface area (Å²) in [7, 11) is -3.22. The van der Waals surface area contributed by atoms with Gasteiger partial charge in [-0.2, -0.15) is 0 Å². The molecule has 0 aromatic heterocycles. The van der Waals surface area contributed by atoms with Crippen LogP contribution in [0.5, 0.6) is 0 Å². The predicted octanol–water partition coefficient (Wildman–Crippen LogP) is 5.02. The van der Waals surface area contributed by atoms with Gasteiger partial charge in [-0.15, -0.1) is 0 Å². The minimum atomic E-state index is -3.22. The lowest BCUT2D eigenvalue weighted by molar-refractivity contribution is 0.112. The van der Waals surface area contributed by atoms with Crippen molar-refractivity contribution in [2.45, 2.75) is 116 Å². The van der Waals surface area contributed by atoms with E-state index in [1.54, 1.807) is 0 Å². The molecule has 0 fully saturated rings. The molecule has 0 spiro atoms. The Morgan fingerprint density at radius 3 is 1.35 bits per heavy atom. The Kier molecular flexibility index (Phi) is 18.2. The van der Waals surface area contributed by atoms with Crippen molar-refractivity contribution < 1.29 is 18.6 Å². The second-order valence-corrected chi connectivity index (χ2v) is 9.98. The second-order valence-electron chi connectivity index (χ2n) is 7.75. The lowest BCUT2D eigenvalue weighted by Gasteiger charge is -2.08. The summed E-state index contributed by atoms with van der Waals surface area (Å²) in [6.07, 6.45) is 19.1. The molecule has 0 aromatic carbocycles. The number of rotatable bonds is 20. The Hall–Kier alpha value is -0.130. The van der Waals surface area contributed by atoms with Gasteiger partial charge in [0.05, 0.1) is 24.2 Å². The van der Waals surface area contributed by atoms with Crippen molar-refractivity contribution in [1.82, 2.24) is 0 Å². The van der Waals surface area contributed by atoms with Crippen LogP contribution < -0.4 is 0 Å². The number of hydrogen-bond acceptors (Lipinski definition) is 4. The average molecular weight is 393 g/mol. The molecule has 0 aliphatic carbocycles. The highest BCUT2D eigenvalue weighted by Crippen LogP contribution is 2.14. The van der Waals surface area contributed by atoms with E-state index in [1.807, 2.05) is 0 Å². The molecule has 1 atom stereocenters. The quantitative estimate of drug-likeness (QED) is 0.285. The molecule has 0 saturated carbocycles. The lowest BCUT2D eigenvalue weighted by Crippen LogP contribution is -2.25. The van der Waals surface area contributed by atoms with Crippen LogP contribution in [0.1, 0.15) is 110 Å². The molecule has 4 nitrogen and oxygen atoms in total. The van der Waals surface area contributed by atoms with Crippen molar-refractivity contribution in [2.75, 3.05) is 18.1 Å². The van der Waals surface area contributed by atoms with Crippen LogP contribution in [0.2, 0.25) is 0 Å². The molecule has 0 saturated heterocycles. The van der Waals surface area contributed by atoms with Crippen LogP contribution in [0.15, 0.2) is 0 Å². The second kappa shape index (κ2) is 18.2. The van der Waals surface area contributed by atoms with E-state index in [2.05, 4.69) is 6.92 Å². The number of unbranched alkanes of at least 4 members (excludes halogenated alkanes) is 15. The van der Waals surface area contributed by atoms with E-state index in [-0.39, 0.29) is 11.5 Å². The normalized spacial score (nSPS) is 13.2. The van der Waals surface area contributed by atoms with Gasteiger partial charge in [0.25, 0.3) is 0 Å². The van der Waals surface area contributed by atoms with Crippen molar-refractivity contribution in [3.8, 4) is 0 Å². The maximum Gasteiger partial charge on any atom is 0.152 e. The van der Waals surface area contributed by atoms with Gasteiger partial charge in [0.15, 0.2) is 9.84 Å². The molecule has 0 aliphatic heterocycles. The van der Waals surface area contributed by atoms with Gasteiger partial charge < -0.3 is 10.2 Å². The van der Waals surface area contributed by atoms with Gasteiger partial charge in [-0.25, -0.2) is 8.42 Å². The molecule has 0 aliphatic rings. The van der Waals surface area contributed by atoms with Gasteiger partial charge in [-0.3, -0.25) is 0 Å². The largest absolute Gasteiger partial charge is 0.394 e. The first-order valence-corrected chi connectivity index (χ1v) is 12.8. The summed E-state index contributed by atoms with van der Waals surface area (Å²) in [6, 6.07) is 0. The predicted molar refractivity (Wildman–Crippen MR) is 111 cm³/mol. The Bertz CT molecular complexity index is 381. The average Bonchev–Trinajstić information content (AvgIpc) is 2.60. The van der Waals surface area contributed by atoms with E-state index in [1.165, 1.54) is 83.5 Å². The topological polar surface area (TPSA) is 74.6 Å². The van der Waals surface area contributed by atoms with Crippen molar-refractivity contribution >= 4 is 9.84 Å². The molecule has 0 heterocycles. The SMILES string of the molecule is CCCCCCCCCCCCCCCCCCS(=O)(=O)C[C@H](O)CO. The van der Waals surface area contributed by atoms with E-state index in [0.29, 0.717) is 6.42 Å². The Labute approximate surface area is 162 Å². The summed E-state index contributed by atoms with van der Waals surface area (Å²) < 4.78 is 23.4. The zero-order chi connectivity index (χ0) is 19.5. The highest BCUT2D eigenvalue weighted by molar-refractivity contribution is 7.91. The molecule has 0 unspecified atom stereocenters. The fourth-order valence-electron chi connectivity index (χ4n) is 3.30. The first-order valence-electron chi connectivity index (χ1n) is 11.0. The molecule has 158 valence electrons. The standard InChI is InChI=1S/C21H44O4S/c1-2-3-4-5-6-7-8-9-10-11-12-13-14-15-16-17-18-26(24,25)20-21(23)19-22/h21-23H,2-20H2,1H3/t21-/m1/s1. The summed E-state index contributed by atoms with van der Waals surface area (Å²) in [4.78, 5) is 0. The van der Waals surface area contributed by atoms with Crippen LogP contribution in [-0.2, 0) is 9.84 Å². The van der Waals surface area contributed by atoms with Crippen LogP contribution >= 0.6 is 0 Å². The zero-order valence-corrected chi connectivity index (χ0v) is 17.9. The molecular formula is C21H44O4S. The van der Waals surface area contributed by atoms with Crippen LogP contribution in [0.25, 0.3) is 0 Å². The first kappa shape index (κ1) is 25.9. The Morgan fingerprint density at radius 2 is 1.00 bits per heavy atom. The Morgan fingerprint density at radius 1 is 0.654 bits per heavy atom. The van der Waals surface area contributed by atoms with E-state index in [0.717, 1.165) is 12.8 Å². The Balaban J connectivity index is 3.24. The van der Waals surface area contributed by atoms with Crippen LogP contribution in [0.4, 0.5) is 0 Å². The maximum atomic E-state index is 11.7. The molecular weight excluding hydrogens is 348 g/mol. The minimum Gasteiger partial charge on any atom is -0.394 e. The zero-order valence-electron chi connectivity index (χ0n) is 17.1. The molecule has 26 heavy (non-hydrogen) atoms. The van der Waals surface area contributed by atoms with Crippen LogP contribution in [-0.4, -0.2) is 42.8 Å². The molecule has 5 heteroatoms. The monoisotopic (exact) mass is 392 g/mol. The molecule has 0 amide bonds. The summed E-state index contributed by atoms with van der Waals surface area (Å²) in [5.41, 5.74) is 0. The summed E-state index contributed by atoms with van der Waals surface area (Å²) in [5.74, 6) is -0.190.